The summed E-state index contributed by atoms with van der Waals surface area (Å²) in [5.41, 5.74) is 0. The van der Waals surface area contributed by atoms with Gasteiger partial charge in [-0.3, -0.25) is 0 Å². The van der Waals surface area contributed by atoms with Crippen LogP contribution in [-0.2, 0) is 10.7 Å². The third kappa shape index (κ3) is 3.86. The standard InChI is InChI=1S/C6H6O2S.C3H3NO/c7-9(8)6-4-2-1-3-5-6;1-2-4-5-3-1/h1-5,9H;1-3H. The summed E-state index contributed by atoms with van der Waals surface area (Å²) >= 11 is 0. The van der Waals surface area contributed by atoms with Crippen molar-refractivity contribution in [2.45, 2.75) is 4.90 Å². The average molecular weight is 211 g/mol. The fourth-order valence-electron chi connectivity index (χ4n) is 0.725. The third-order valence-electron chi connectivity index (χ3n) is 1.31. The monoisotopic (exact) mass is 211 g/mol. The Bertz CT molecular complexity index is 384. The van der Waals surface area contributed by atoms with Gasteiger partial charge in [-0.2, -0.15) is 0 Å². The van der Waals surface area contributed by atoms with Gasteiger partial charge >= 0.3 is 0 Å². The summed E-state index contributed by atoms with van der Waals surface area (Å²) in [7, 11) is -2.40. The zero-order valence-corrected chi connectivity index (χ0v) is 8.13. The maximum atomic E-state index is 10.2. The van der Waals surface area contributed by atoms with Gasteiger partial charge in [0.15, 0.2) is 10.7 Å². The molecule has 0 atom stereocenters. The molecule has 0 aliphatic carbocycles. The van der Waals surface area contributed by atoms with Gasteiger partial charge in [-0.25, -0.2) is 8.42 Å². The van der Waals surface area contributed by atoms with Crippen LogP contribution in [0, 0.1) is 0 Å². The highest BCUT2D eigenvalue weighted by Gasteiger charge is 1.87. The average Bonchev–Trinajstić information content (AvgIpc) is 2.77. The molecule has 0 aliphatic rings. The van der Waals surface area contributed by atoms with Crippen LogP contribution < -0.4 is 0 Å². The van der Waals surface area contributed by atoms with Crippen LogP contribution >= 0.6 is 0 Å². The van der Waals surface area contributed by atoms with Gasteiger partial charge in [-0.15, -0.1) is 0 Å². The van der Waals surface area contributed by atoms with E-state index in [1.54, 1.807) is 42.6 Å². The second kappa shape index (κ2) is 5.93. The molecule has 0 aliphatic heterocycles. The molecule has 4 nitrogen and oxygen atoms in total. The molecule has 0 fully saturated rings. The molecule has 0 spiro atoms. The Hall–Kier alpha value is -1.62. The van der Waals surface area contributed by atoms with E-state index in [4.69, 9.17) is 0 Å². The Balaban J connectivity index is 0.000000165. The van der Waals surface area contributed by atoms with Gasteiger partial charge in [-0.05, 0) is 18.2 Å². The van der Waals surface area contributed by atoms with Crippen LogP contribution in [-0.4, -0.2) is 13.6 Å². The van der Waals surface area contributed by atoms with Gasteiger partial charge in [0, 0.05) is 0 Å². The van der Waals surface area contributed by atoms with E-state index in [9.17, 15) is 8.42 Å². The zero-order valence-electron chi connectivity index (χ0n) is 7.24. The van der Waals surface area contributed by atoms with Crippen LogP contribution in [0.25, 0.3) is 0 Å². The summed E-state index contributed by atoms with van der Waals surface area (Å²) in [5.74, 6) is 0. The van der Waals surface area contributed by atoms with Crippen LogP contribution in [0.2, 0.25) is 0 Å². The lowest BCUT2D eigenvalue weighted by atomic mass is 10.4. The SMILES string of the molecule is O=[SH](=O)c1ccccc1.c1cnoc1. The molecule has 0 saturated carbocycles. The zero-order chi connectivity index (χ0) is 10.2. The van der Waals surface area contributed by atoms with E-state index in [-0.39, 0.29) is 0 Å². The van der Waals surface area contributed by atoms with E-state index in [1.807, 2.05) is 0 Å². The van der Waals surface area contributed by atoms with Crippen LogP contribution in [0.3, 0.4) is 0 Å². The number of aromatic nitrogens is 1. The lowest BCUT2D eigenvalue weighted by Crippen LogP contribution is -1.75. The largest absolute Gasteiger partial charge is 0.365 e. The van der Waals surface area contributed by atoms with E-state index >= 15 is 0 Å². The number of benzene rings is 1. The Labute approximate surface area is 83.1 Å². The Morgan fingerprint density at radius 1 is 1.07 bits per heavy atom. The van der Waals surface area contributed by atoms with Gasteiger partial charge in [-0.1, -0.05) is 23.4 Å². The predicted molar refractivity (Wildman–Crippen MR) is 51.5 cm³/mol. The molecule has 74 valence electrons. The van der Waals surface area contributed by atoms with Crippen molar-refractivity contribution in [3.63, 3.8) is 0 Å². The minimum Gasteiger partial charge on any atom is -0.365 e. The molecule has 14 heavy (non-hydrogen) atoms. The molecular weight excluding hydrogens is 202 g/mol. The van der Waals surface area contributed by atoms with Crippen LogP contribution in [0.15, 0.2) is 58.3 Å². The molecule has 0 bridgehead atoms. The van der Waals surface area contributed by atoms with E-state index < -0.39 is 10.7 Å². The van der Waals surface area contributed by atoms with Crippen LogP contribution in [0.5, 0.6) is 0 Å². The van der Waals surface area contributed by atoms with Gasteiger partial charge in [0.1, 0.15) is 6.26 Å². The Kier molecular flexibility index (Phi) is 4.43. The van der Waals surface area contributed by atoms with Crippen LogP contribution in [0.1, 0.15) is 0 Å². The fraction of sp³-hybridized carbons (Fsp3) is 0. The van der Waals surface area contributed by atoms with E-state index in [0.717, 1.165) is 0 Å². The Morgan fingerprint density at radius 3 is 2.07 bits per heavy atom. The molecular formula is C9H9NO3S. The first-order valence-electron chi connectivity index (χ1n) is 3.84. The predicted octanol–water partition coefficient (Wildman–Crippen LogP) is 1.33. The minimum absolute atomic E-state index is 0.368. The lowest BCUT2D eigenvalue weighted by Gasteiger charge is -1.83. The summed E-state index contributed by atoms with van der Waals surface area (Å²) in [4.78, 5) is 0.368. The molecule has 0 amide bonds. The fourth-order valence-corrected chi connectivity index (χ4v) is 1.14. The van der Waals surface area contributed by atoms with E-state index in [1.165, 1.54) is 6.26 Å². The number of thiol groups is 1. The van der Waals surface area contributed by atoms with E-state index in [2.05, 4.69) is 9.68 Å². The summed E-state index contributed by atoms with van der Waals surface area (Å²) in [6, 6.07) is 10.0. The number of rotatable bonds is 1. The second-order valence-corrected chi connectivity index (χ2v) is 3.31. The molecule has 0 unspecified atom stereocenters. The maximum absolute atomic E-state index is 10.2. The van der Waals surface area contributed by atoms with Crippen molar-refractivity contribution in [1.82, 2.24) is 5.16 Å². The normalized spacial score (nSPS) is 9.21. The molecule has 2 rings (SSSR count). The molecule has 1 aromatic carbocycles. The maximum Gasteiger partial charge on any atom is 0.168 e. The molecule has 1 heterocycles. The molecule has 1 aromatic heterocycles. The van der Waals surface area contributed by atoms with E-state index in [0.29, 0.717) is 4.90 Å². The van der Waals surface area contributed by atoms with Gasteiger partial charge < -0.3 is 4.52 Å². The summed E-state index contributed by atoms with van der Waals surface area (Å²) in [5, 5.41) is 3.35. The number of hydrogen-bond donors (Lipinski definition) is 1. The molecule has 5 heteroatoms. The van der Waals surface area contributed by atoms with Crippen molar-refractivity contribution >= 4 is 10.7 Å². The molecule has 0 radical (unpaired) electrons. The highest BCUT2D eigenvalue weighted by Crippen LogP contribution is 1.97. The van der Waals surface area contributed by atoms with Crippen molar-refractivity contribution in [2.75, 3.05) is 0 Å². The number of nitrogens with zero attached hydrogens (tertiary/aromatic N) is 1. The minimum atomic E-state index is -2.40. The first kappa shape index (κ1) is 10.5. The van der Waals surface area contributed by atoms with Crippen molar-refractivity contribution in [2.24, 2.45) is 0 Å². The van der Waals surface area contributed by atoms with Crippen molar-refractivity contribution in [1.29, 1.82) is 0 Å². The van der Waals surface area contributed by atoms with Gasteiger partial charge in [0.25, 0.3) is 0 Å². The first-order valence-corrected chi connectivity index (χ1v) is 5.02. The first-order chi connectivity index (χ1) is 6.80. The van der Waals surface area contributed by atoms with Crippen LogP contribution in [0.4, 0.5) is 0 Å². The second-order valence-electron chi connectivity index (χ2n) is 2.28. The highest BCUT2D eigenvalue weighted by molar-refractivity contribution is 7.72. The molecule has 2 aromatic rings. The molecule has 0 saturated heterocycles. The van der Waals surface area contributed by atoms with Gasteiger partial charge in [0.2, 0.25) is 0 Å². The van der Waals surface area contributed by atoms with Gasteiger partial charge in [0.05, 0.1) is 11.1 Å². The lowest BCUT2D eigenvalue weighted by molar-refractivity contribution is 0.420. The topological polar surface area (TPSA) is 60.2 Å². The van der Waals surface area contributed by atoms with Crippen molar-refractivity contribution < 1.29 is 12.9 Å². The molecule has 0 N–H and O–H groups in total. The van der Waals surface area contributed by atoms with Crippen molar-refractivity contribution in [3.8, 4) is 0 Å². The number of hydrogen-bond acceptors (Lipinski definition) is 4. The quantitative estimate of drug-likeness (QED) is 0.723. The highest BCUT2D eigenvalue weighted by atomic mass is 32.2. The Morgan fingerprint density at radius 2 is 1.79 bits per heavy atom. The summed E-state index contributed by atoms with van der Waals surface area (Å²) in [6.07, 6.45) is 3.10. The van der Waals surface area contributed by atoms with Crippen molar-refractivity contribution in [3.05, 3.63) is 48.9 Å². The summed E-state index contributed by atoms with van der Waals surface area (Å²) < 4.78 is 24.8. The summed E-state index contributed by atoms with van der Waals surface area (Å²) in [6.45, 7) is 0. The third-order valence-corrected chi connectivity index (χ3v) is 2.03. The smallest absolute Gasteiger partial charge is 0.168 e.